The van der Waals surface area contributed by atoms with Crippen molar-refractivity contribution in [3.63, 3.8) is 0 Å². The summed E-state index contributed by atoms with van der Waals surface area (Å²) in [7, 11) is 1.38. The molecule has 156 valence electrons. The molecule has 3 rings (SSSR count). The number of carbonyl (C=O) groups is 2. The van der Waals surface area contributed by atoms with Crippen molar-refractivity contribution in [2.75, 3.05) is 7.11 Å². The van der Waals surface area contributed by atoms with Gasteiger partial charge >= 0.3 is 5.97 Å². The van der Waals surface area contributed by atoms with Crippen LogP contribution >= 0.6 is 0 Å². The second-order valence-electron chi connectivity index (χ2n) is 7.00. The molecule has 0 aliphatic carbocycles. The Kier molecular flexibility index (Phi) is 6.61. The van der Waals surface area contributed by atoms with Crippen molar-refractivity contribution >= 4 is 11.9 Å². The number of halogens is 1. The Balaban J connectivity index is 1.69. The molecule has 0 aliphatic heterocycles. The van der Waals surface area contributed by atoms with Gasteiger partial charge in [-0.05, 0) is 67.8 Å². The SMILES string of the molecule is COC(=O)CCc1c(C)nn(-c2ccc(C(=O)NCc3cccc(F)c3)cc2)c1C. The normalized spacial score (nSPS) is 10.7. The van der Waals surface area contributed by atoms with Gasteiger partial charge in [0.15, 0.2) is 0 Å². The fraction of sp³-hybridized carbons (Fsp3) is 0.261. The summed E-state index contributed by atoms with van der Waals surface area (Å²) in [6, 6.07) is 13.2. The summed E-state index contributed by atoms with van der Waals surface area (Å²) >= 11 is 0. The molecule has 0 spiro atoms. The predicted octanol–water partition coefficient (Wildman–Crippen LogP) is 3.66. The Morgan fingerprint density at radius 1 is 1.13 bits per heavy atom. The van der Waals surface area contributed by atoms with Crippen LogP contribution in [0.5, 0.6) is 0 Å². The number of benzene rings is 2. The van der Waals surface area contributed by atoms with Crippen LogP contribution in [-0.4, -0.2) is 28.8 Å². The number of amides is 1. The first kappa shape index (κ1) is 21.2. The molecular formula is C23H24FN3O3. The molecule has 0 aliphatic rings. The van der Waals surface area contributed by atoms with Crippen LogP contribution < -0.4 is 5.32 Å². The number of rotatable bonds is 7. The zero-order valence-corrected chi connectivity index (χ0v) is 17.2. The van der Waals surface area contributed by atoms with Crippen molar-refractivity contribution in [3.05, 3.63) is 82.4 Å². The van der Waals surface area contributed by atoms with Crippen LogP contribution in [0.3, 0.4) is 0 Å². The third-order valence-electron chi connectivity index (χ3n) is 4.96. The smallest absolute Gasteiger partial charge is 0.305 e. The van der Waals surface area contributed by atoms with Crippen LogP contribution in [0.25, 0.3) is 5.69 Å². The van der Waals surface area contributed by atoms with E-state index >= 15 is 0 Å². The standard InChI is InChI=1S/C23H24FN3O3/c1-15-21(11-12-22(28)30-3)16(2)27(26-15)20-9-7-18(8-10-20)23(29)25-14-17-5-4-6-19(24)13-17/h4-10,13H,11-12,14H2,1-3H3,(H,25,29). The molecule has 1 aromatic heterocycles. The van der Waals surface area contributed by atoms with Crippen molar-refractivity contribution < 1.29 is 18.7 Å². The number of aromatic nitrogens is 2. The van der Waals surface area contributed by atoms with Gasteiger partial charge in [-0.3, -0.25) is 9.59 Å². The van der Waals surface area contributed by atoms with E-state index in [1.165, 1.54) is 19.2 Å². The summed E-state index contributed by atoms with van der Waals surface area (Å²) in [4.78, 5) is 23.8. The highest BCUT2D eigenvalue weighted by molar-refractivity contribution is 5.94. The van der Waals surface area contributed by atoms with Gasteiger partial charge in [0.1, 0.15) is 5.82 Å². The van der Waals surface area contributed by atoms with E-state index in [0.717, 1.165) is 22.6 Å². The Morgan fingerprint density at radius 2 is 1.87 bits per heavy atom. The maximum absolute atomic E-state index is 13.2. The monoisotopic (exact) mass is 409 g/mol. The number of methoxy groups -OCH3 is 1. The predicted molar refractivity (Wildman–Crippen MR) is 111 cm³/mol. The second kappa shape index (κ2) is 9.35. The van der Waals surface area contributed by atoms with E-state index in [1.54, 1.807) is 28.9 Å². The van der Waals surface area contributed by atoms with Gasteiger partial charge in [-0.2, -0.15) is 5.10 Å². The summed E-state index contributed by atoms with van der Waals surface area (Å²) in [5.74, 6) is -0.824. The maximum Gasteiger partial charge on any atom is 0.305 e. The molecule has 0 fully saturated rings. The highest BCUT2D eigenvalue weighted by atomic mass is 19.1. The van der Waals surface area contributed by atoms with Crippen molar-refractivity contribution in [2.24, 2.45) is 0 Å². The Morgan fingerprint density at radius 3 is 2.53 bits per heavy atom. The van der Waals surface area contributed by atoms with E-state index in [1.807, 2.05) is 26.0 Å². The van der Waals surface area contributed by atoms with E-state index in [-0.39, 0.29) is 24.2 Å². The average Bonchev–Trinajstić information content (AvgIpc) is 3.03. The largest absolute Gasteiger partial charge is 0.469 e. The highest BCUT2D eigenvalue weighted by Gasteiger charge is 2.15. The minimum atomic E-state index is -0.332. The van der Waals surface area contributed by atoms with Gasteiger partial charge < -0.3 is 10.1 Å². The van der Waals surface area contributed by atoms with Crippen LogP contribution in [0.4, 0.5) is 4.39 Å². The molecule has 0 saturated carbocycles. The number of esters is 1. The summed E-state index contributed by atoms with van der Waals surface area (Å²) in [6.07, 6.45) is 0.860. The van der Waals surface area contributed by atoms with Crippen LogP contribution in [0.15, 0.2) is 48.5 Å². The number of hydrogen-bond acceptors (Lipinski definition) is 4. The van der Waals surface area contributed by atoms with Gasteiger partial charge in [0, 0.05) is 24.2 Å². The fourth-order valence-electron chi connectivity index (χ4n) is 3.30. The third-order valence-corrected chi connectivity index (χ3v) is 4.96. The quantitative estimate of drug-likeness (QED) is 0.605. The van der Waals surface area contributed by atoms with Crippen molar-refractivity contribution in [1.82, 2.24) is 15.1 Å². The molecule has 0 saturated heterocycles. The molecular weight excluding hydrogens is 385 g/mol. The number of ether oxygens (including phenoxy) is 1. The topological polar surface area (TPSA) is 73.2 Å². The molecule has 1 N–H and O–H groups in total. The minimum absolute atomic E-state index is 0.238. The number of nitrogens with one attached hydrogen (secondary N) is 1. The molecule has 2 aromatic carbocycles. The number of hydrogen-bond donors (Lipinski definition) is 1. The summed E-state index contributed by atoms with van der Waals surface area (Å²) in [5, 5.41) is 7.36. The molecule has 0 radical (unpaired) electrons. The van der Waals surface area contributed by atoms with Crippen LogP contribution in [-0.2, 0) is 22.5 Å². The van der Waals surface area contributed by atoms with Crippen molar-refractivity contribution in [2.45, 2.75) is 33.2 Å². The second-order valence-corrected chi connectivity index (χ2v) is 7.00. The maximum atomic E-state index is 13.2. The summed E-state index contributed by atoms with van der Waals surface area (Å²) in [5.41, 5.74) is 4.83. The van der Waals surface area contributed by atoms with E-state index in [2.05, 4.69) is 10.4 Å². The van der Waals surface area contributed by atoms with Crippen molar-refractivity contribution in [1.29, 1.82) is 0 Å². The number of nitrogens with zero attached hydrogens (tertiary/aromatic N) is 2. The molecule has 6 nitrogen and oxygen atoms in total. The Hall–Kier alpha value is -3.48. The summed E-state index contributed by atoms with van der Waals surface area (Å²) < 4.78 is 19.8. The first-order valence-electron chi connectivity index (χ1n) is 9.64. The number of carbonyl (C=O) groups excluding carboxylic acids is 2. The molecule has 0 bridgehead atoms. The molecule has 1 heterocycles. The average molecular weight is 409 g/mol. The zero-order chi connectivity index (χ0) is 21.7. The highest BCUT2D eigenvalue weighted by Crippen LogP contribution is 2.20. The summed E-state index contributed by atoms with van der Waals surface area (Å²) in [6.45, 7) is 4.11. The molecule has 0 unspecified atom stereocenters. The molecule has 3 aromatic rings. The Bertz CT molecular complexity index is 1060. The van der Waals surface area contributed by atoms with Crippen LogP contribution in [0.2, 0.25) is 0 Å². The van der Waals surface area contributed by atoms with E-state index in [9.17, 15) is 14.0 Å². The zero-order valence-electron chi connectivity index (χ0n) is 17.2. The van der Waals surface area contributed by atoms with E-state index < -0.39 is 0 Å². The molecule has 1 amide bonds. The fourth-order valence-corrected chi connectivity index (χ4v) is 3.30. The lowest BCUT2D eigenvalue weighted by Gasteiger charge is -2.08. The van der Waals surface area contributed by atoms with Gasteiger partial charge in [-0.15, -0.1) is 0 Å². The van der Waals surface area contributed by atoms with Crippen LogP contribution in [0, 0.1) is 19.7 Å². The van der Waals surface area contributed by atoms with Crippen LogP contribution in [0.1, 0.15) is 39.3 Å². The van der Waals surface area contributed by atoms with E-state index in [0.29, 0.717) is 24.0 Å². The van der Waals surface area contributed by atoms with Gasteiger partial charge in [0.25, 0.3) is 5.91 Å². The van der Waals surface area contributed by atoms with Gasteiger partial charge in [0.05, 0.1) is 18.5 Å². The lowest BCUT2D eigenvalue weighted by atomic mass is 10.1. The van der Waals surface area contributed by atoms with Gasteiger partial charge in [0.2, 0.25) is 0 Å². The van der Waals surface area contributed by atoms with Gasteiger partial charge in [-0.1, -0.05) is 12.1 Å². The first-order valence-corrected chi connectivity index (χ1v) is 9.64. The number of aryl methyl sites for hydroxylation is 1. The molecule has 0 atom stereocenters. The van der Waals surface area contributed by atoms with Gasteiger partial charge in [-0.25, -0.2) is 9.07 Å². The minimum Gasteiger partial charge on any atom is -0.469 e. The molecule has 30 heavy (non-hydrogen) atoms. The third kappa shape index (κ3) is 4.92. The first-order chi connectivity index (χ1) is 14.4. The molecule has 7 heteroatoms. The lowest BCUT2D eigenvalue weighted by molar-refractivity contribution is -0.140. The Labute approximate surface area is 174 Å². The lowest BCUT2D eigenvalue weighted by Crippen LogP contribution is -2.22. The van der Waals surface area contributed by atoms with E-state index in [4.69, 9.17) is 4.74 Å². The van der Waals surface area contributed by atoms with Crippen molar-refractivity contribution in [3.8, 4) is 5.69 Å².